The highest BCUT2D eigenvalue weighted by Crippen LogP contribution is 2.24. The molecule has 0 radical (unpaired) electrons. The number of aryl methyl sites for hydroxylation is 3. The Bertz CT molecular complexity index is 786. The lowest BCUT2D eigenvalue weighted by atomic mass is 9.98. The van der Waals surface area contributed by atoms with Gasteiger partial charge in [0.1, 0.15) is 0 Å². The molecule has 3 rings (SSSR count). The molecule has 8 nitrogen and oxygen atoms in total. The van der Waals surface area contributed by atoms with Crippen molar-refractivity contribution in [1.29, 1.82) is 0 Å². The number of amides is 1. The van der Waals surface area contributed by atoms with Crippen molar-refractivity contribution in [1.82, 2.24) is 29.9 Å². The van der Waals surface area contributed by atoms with Crippen molar-refractivity contribution in [2.24, 2.45) is 20.0 Å². The monoisotopic (exact) mass is 359 g/mol. The number of rotatable bonds is 5. The van der Waals surface area contributed by atoms with Crippen LogP contribution in [0.25, 0.3) is 0 Å². The topological polar surface area (TPSA) is 89.7 Å². The zero-order valence-corrected chi connectivity index (χ0v) is 16.3. The van der Waals surface area contributed by atoms with E-state index in [1.807, 2.05) is 39.5 Å². The number of hydrogen-bond donors (Lipinski definition) is 2. The number of hydrogen-bond acceptors (Lipinski definition) is 5. The summed E-state index contributed by atoms with van der Waals surface area (Å²) in [5.74, 6) is 1.51. The Labute approximate surface area is 154 Å². The average Bonchev–Trinajstić information content (AvgIpc) is 3.10. The summed E-state index contributed by atoms with van der Waals surface area (Å²) in [4.78, 5) is 17.2. The Morgan fingerprint density at radius 2 is 1.92 bits per heavy atom. The van der Waals surface area contributed by atoms with E-state index in [2.05, 4.69) is 25.8 Å². The van der Waals surface area contributed by atoms with Gasteiger partial charge in [-0.1, -0.05) is 6.92 Å². The smallest absolute Gasteiger partial charge is 0.229 e. The molecule has 26 heavy (non-hydrogen) atoms. The molecule has 1 saturated heterocycles. The van der Waals surface area contributed by atoms with Gasteiger partial charge < -0.3 is 5.32 Å². The first-order valence-corrected chi connectivity index (χ1v) is 9.28. The van der Waals surface area contributed by atoms with Crippen molar-refractivity contribution in [2.45, 2.75) is 46.0 Å². The fourth-order valence-corrected chi connectivity index (χ4v) is 3.51. The third kappa shape index (κ3) is 3.80. The van der Waals surface area contributed by atoms with E-state index >= 15 is 0 Å². The van der Waals surface area contributed by atoms with E-state index in [9.17, 15) is 4.79 Å². The number of anilines is 1. The van der Waals surface area contributed by atoms with Crippen molar-refractivity contribution >= 4 is 11.9 Å². The minimum absolute atomic E-state index is 0.0417. The molecule has 8 heteroatoms. The van der Waals surface area contributed by atoms with E-state index in [-0.39, 0.29) is 11.8 Å². The molecule has 3 heterocycles. The first-order chi connectivity index (χ1) is 12.4. The SMILES string of the molecule is Cc1nn(C)c(C)c1CC(C)C(=O)Nc1nc(C2CCNCC2)nn1C. The Morgan fingerprint density at radius 1 is 1.23 bits per heavy atom. The maximum absolute atomic E-state index is 12.7. The lowest BCUT2D eigenvalue weighted by Gasteiger charge is -2.19. The van der Waals surface area contributed by atoms with Crippen molar-refractivity contribution in [2.75, 3.05) is 18.4 Å². The van der Waals surface area contributed by atoms with Crippen molar-refractivity contribution in [3.8, 4) is 0 Å². The molecule has 2 aromatic rings. The number of aromatic nitrogens is 5. The zero-order valence-electron chi connectivity index (χ0n) is 16.3. The highest BCUT2D eigenvalue weighted by atomic mass is 16.2. The van der Waals surface area contributed by atoms with Gasteiger partial charge in [0.15, 0.2) is 5.82 Å². The number of nitrogens with one attached hydrogen (secondary N) is 2. The van der Waals surface area contributed by atoms with Crippen LogP contribution in [0, 0.1) is 19.8 Å². The van der Waals surface area contributed by atoms with Crippen LogP contribution in [-0.4, -0.2) is 43.5 Å². The predicted molar refractivity (Wildman–Crippen MR) is 100 cm³/mol. The Kier molecular flexibility index (Phi) is 5.41. The van der Waals surface area contributed by atoms with Crippen LogP contribution in [0.4, 0.5) is 5.95 Å². The van der Waals surface area contributed by atoms with Gasteiger partial charge in [-0.2, -0.15) is 15.2 Å². The van der Waals surface area contributed by atoms with E-state index < -0.39 is 0 Å². The second kappa shape index (κ2) is 7.57. The van der Waals surface area contributed by atoms with Crippen LogP contribution in [0.15, 0.2) is 0 Å². The molecule has 1 atom stereocenters. The van der Waals surface area contributed by atoms with Gasteiger partial charge in [0, 0.05) is 31.6 Å². The maximum atomic E-state index is 12.7. The van der Waals surface area contributed by atoms with Crippen LogP contribution in [0.2, 0.25) is 0 Å². The number of nitrogens with zero attached hydrogens (tertiary/aromatic N) is 5. The Morgan fingerprint density at radius 3 is 2.54 bits per heavy atom. The van der Waals surface area contributed by atoms with Crippen LogP contribution >= 0.6 is 0 Å². The fourth-order valence-electron chi connectivity index (χ4n) is 3.51. The fraction of sp³-hybridized carbons (Fsp3) is 0.667. The van der Waals surface area contributed by atoms with E-state index in [0.717, 1.165) is 48.7 Å². The molecule has 0 saturated carbocycles. The van der Waals surface area contributed by atoms with Gasteiger partial charge >= 0.3 is 0 Å². The molecule has 1 aliphatic rings. The second-order valence-corrected chi connectivity index (χ2v) is 7.31. The van der Waals surface area contributed by atoms with E-state index in [1.165, 1.54) is 0 Å². The lowest BCUT2D eigenvalue weighted by Crippen LogP contribution is -2.27. The van der Waals surface area contributed by atoms with Crippen molar-refractivity contribution < 1.29 is 4.79 Å². The zero-order chi connectivity index (χ0) is 18.8. The average molecular weight is 359 g/mol. The largest absolute Gasteiger partial charge is 0.317 e. The summed E-state index contributed by atoms with van der Waals surface area (Å²) in [6.45, 7) is 7.94. The van der Waals surface area contributed by atoms with Crippen molar-refractivity contribution in [3.63, 3.8) is 0 Å². The van der Waals surface area contributed by atoms with Crippen LogP contribution in [-0.2, 0) is 25.3 Å². The molecule has 2 N–H and O–H groups in total. The minimum Gasteiger partial charge on any atom is -0.317 e. The van der Waals surface area contributed by atoms with Gasteiger partial charge in [-0.05, 0) is 51.8 Å². The molecule has 0 bridgehead atoms. The summed E-state index contributed by atoms with van der Waals surface area (Å²) in [5.41, 5.74) is 3.23. The van der Waals surface area contributed by atoms with Gasteiger partial charge in [-0.25, -0.2) is 4.68 Å². The molecule has 142 valence electrons. The first kappa shape index (κ1) is 18.6. The quantitative estimate of drug-likeness (QED) is 0.843. The van der Waals surface area contributed by atoms with Crippen LogP contribution in [0.3, 0.4) is 0 Å². The van der Waals surface area contributed by atoms with E-state index in [1.54, 1.807) is 4.68 Å². The van der Waals surface area contributed by atoms with Gasteiger partial charge in [0.2, 0.25) is 11.9 Å². The lowest BCUT2D eigenvalue weighted by molar-refractivity contribution is -0.119. The number of carbonyl (C=O) groups is 1. The minimum atomic E-state index is -0.171. The third-order valence-corrected chi connectivity index (χ3v) is 5.34. The summed E-state index contributed by atoms with van der Waals surface area (Å²) in [6.07, 6.45) is 2.73. The molecular weight excluding hydrogens is 330 g/mol. The molecule has 2 aromatic heterocycles. The highest BCUT2D eigenvalue weighted by Gasteiger charge is 2.23. The molecule has 1 fully saturated rings. The normalized spacial score (nSPS) is 16.7. The summed E-state index contributed by atoms with van der Waals surface area (Å²) < 4.78 is 3.53. The first-order valence-electron chi connectivity index (χ1n) is 9.28. The second-order valence-electron chi connectivity index (χ2n) is 7.31. The third-order valence-electron chi connectivity index (χ3n) is 5.34. The molecule has 0 aliphatic carbocycles. The summed E-state index contributed by atoms with van der Waals surface area (Å²) >= 11 is 0. The summed E-state index contributed by atoms with van der Waals surface area (Å²) in [6, 6.07) is 0. The maximum Gasteiger partial charge on any atom is 0.229 e. The standard InChI is InChI=1S/C18H29N7O/c1-11(10-15-12(2)22-24(4)13(15)3)17(26)21-18-20-16(23-25(18)5)14-6-8-19-9-7-14/h11,14,19H,6-10H2,1-5H3,(H,20,21,23,26). The summed E-state index contributed by atoms with van der Waals surface area (Å²) in [7, 11) is 3.76. The van der Waals surface area contributed by atoms with Gasteiger partial charge in [0.05, 0.1) is 5.69 Å². The van der Waals surface area contributed by atoms with Crippen LogP contribution in [0.1, 0.15) is 48.5 Å². The highest BCUT2D eigenvalue weighted by molar-refractivity contribution is 5.91. The predicted octanol–water partition coefficient (Wildman–Crippen LogP) is 1.45. The Balaban J connectivity index is 1.66. The number of carbonyl (C=O) groups excluding carboxylic acids is 1. The molecule has 0 spiro atoms. The molecule has 1 amide bonds. The molecule has 1 unspecified atom stereocenters. The molecular formula is C18H29N7O. The van der Waals surface area contributed by atoms with Gasteiger partial charge in [0.25, 0.3) is 0 Å². The van der Waals surface area contributed by atoms with E-state index in [0.29, 0.717) is 18.3 Å². The Hall–Kier alpha value is -2.22. The van der Waals surface area contributed by atoms with Crippen LogP contribution in [0.5, 0.6) is 0 Å². The van der Waals surface area contributed by atoms with Crippen molar-refractivity contribution in [3.05, 3.63) is 22.8 Å². The van der Waals surface area contributed by atoms with Crippen LogP contribution < -0.4 is 10.6 Å². The molecule has 0 aromatic carbocycles. The summed E-state index contributed by atoms with van der Waals surface area (Å²) in [5, 5.41) is 15.2. The van der Waals surface area contributed by atoms with Gasteiger partial charge in [-0.15, -0.1) is 0 Å². The van der Waals surface area contributed by atoms with E-state index in [4.69, 9.17) is 0 Å². The van der Waals surface area contributed by atoms with Gasteiger partial charge in [-0.3, -0.25) is 14.8 Å². The molecule has 1 aliphatic heterocycles. The number of piperidine rings is 1.